The number of ether oxygens (including phenoxy) is 1. The first-order chi connectivity index (χ1) is 13.7. The number of fused-ring (bicyclic) bond motifs is 4. The Bertz CT molecular complexity index is 1380. The van der Waals surface area contributed by atoms with Gasteiger partial charge < -0.3 is 9.15 Å². The van der Waals surface area contributed by atoms with Gasteiger partial charge in [0.25, 0.3) is 0 Å². The summed E-state index contributed by atoms with van der Waals surface area (Å²) < 4.78 is 12.2. The molecule has 28 heavy (non-hydrogen) atoms. The van der Waals surface area contributed by atoms with E-state index in [1.165, 1.54) is 7.11 Å². The largest absolute Gasteiger partial charge is 0.465 e. The van der Waals surface area contributed by atoms with Crippen molar-refractivity contribution in [2.75, 3.05) is 7.11 Å². The molecule has 0 aliphatic carbocycles. The van der Waals surface area contributed by atoms with Crippen molar-refractivity contribution in [2.24, 2.45) is 0 Å². The van der Waals surface area contributed by atoms with E-state index in [0.29, 0.717) is 5.56 Å². The number of carbonyl (C=O) groups is 1. The summed E-state index contributed by atoms with van der Waals surface area (Å²) in [5, 5.41) is 4.07. The van der Waals surface area contributed by atoms with Crippen LogP contribution in [0.5, 0.6) is 0 Å². The number of benzene rings is 4. The summed E-state index contributed by atoms with van der Waals surface area (Å²) in [6.07, 6.45) is 0. The molecular formula is C24H15BrO3. The van der Waals surface area contributed by atoms with Gasteiger partial charge >= 0.3 is 5.97 Å². The van der Waals surface area contributed by atoms with Crippen molar-refractivity contribution < 1.29 is 13.9 Å². The molecule has 5 rings (SSSR count). The summed E-state index contributed by atoms with van der Waals surface area (Å²) in [7, 11) is 1.40. The summed E-state index contributed by atoms with van der Waals surface area (Å²) in [6, 6.07) is 23.8. The van der Waals surface area contributed by atoms with Crippen molar-refractivity contribution in [3.63, 3.8) is 0 Å². The lowest BCUT2D eigenvalue weighted by atomic mass is 9.92. The first kappa shape index (κ1) is 17.0. The number of para-hydroxylation sites is 2. The molecule has 0 saturated carbocycles. The highest BCUT2D eigenvalue weighted by molar-refractivity contribution is 9.10. The second kappa shape index (κ2) is 6.50. The Kier molecular flexibility index (Phi) is 3.95. The molecule has 0 aliphatic rings. The van der Waals surface area contributed by atoms with Crippen LogP contribution < -0.4 is 0 Å². The lowest BCUT2D eigenvalue weighted by Gasteiger charge is -2.14. The van der Waals surface area contributed by atoms with Gasteiger partial charge in [-0.2, -0.15) is 0 Å². The predicted octanol–water partition coefficient (Wildman–Crippen LogP) is 6.96. The lowest BCUT2D eigenvalue weighted by molar-refractivity contribution is 0.0601. The minimum Gasteiger partial charge on any atom is -0.465 e. The van der Waals surface area contributed by atoms with Gasteiger partial charge in [-0.05, 0) is 22.9 Å². The van der Waals surface area contributed by atoms with Gasteiger partial charge in [0.05, 0.1) is 12.7 Å². The van der Waals surface area contributed by atoms with Gasteiger partial charge in [0.1, 0.15) is 11.2 Å². The number of rotatable bonds is 2. The molecule has 4 heteroatoms. The molecule has 1 heterocycles. The monoisotopic (exact) mass is 430 g/mol. The molecule has 0 aliphatic heterocycles. The Morgan fingerprint density at radius 1 is 0.857 bits per heavy atom. The second-order valence-electron chi connectivity index (χ2n) is 6.60. The number of hydrogen-bond acceptors (Lipinski definition) is 3. The summed E-state index contributed by atoms with van der Waals surface area (Å²) in [6.45, 7) is 0. The number of carbonyl (C=O) groups excluding carboxylic acids is 1. The lowest BCUT2D eigenvalue weighted by Crippen LogP contribution is -2.04. The van der Waals surface area contributed by atoms with Gasteiger partial charge in [-0.25, -0.2) is 4.79 Å². The van der Waals surface area contributed by atoms with Crippen LogP contribution in [0.25, 0.3) is 43.8 Å². The quantitative estimate of drug-likeness (QED) is 0.284. The molecule has 0 unspecified atom stereocenters. The van der Waals surface area contributed by atoms with E-state index in [9.17, 15) is 4.79 Å². The molecule has 136 valence electrons. The van der Waals surface area contributed by atoms with Gasteiger partial charge in [-0.15, -0.1) is 0 Å². The van der Waals surface area contributed by atoms with Gasteiger partial charge in [0.15, 0.2) is 0 Å². The highest BCUT2D eigenvalue weighted by Gasteiger charge is 2.22. The fourth-order valence-corrected chi connectivity index (χ4v) is 4.41. The molecule has 3 nitrogen and oxygen atoms in total. The van der Waals surface area contributed by atoms with Crippen LogP contribution in [-0.2, 0) is 4.74 Å². The maximum atomic E-state index is 12.6. The van der Waals surface area contributed by atoms with Crippen molar-refractivity contribution in [1.82, 2.24) is 0 Å². The van der Waals surface area contributed by atoms with Gasteiger partial charge in [-0.3, -0.25) is 0 Å². The zero-order valence-corrected chi connectivity index (χ0v) is 16.6. The normalized spacial score (nSPS) is 11.4. The minimum atomic E-state index is -0.380. The molecule has 1 aromatic heterocycles. The van der Waals surface area contributed by atoms with Crippen LogP contribution in [0.2, 0.25) is 0 Å². The van der Waals surface area contributed by atoms with Crippen molar-refractivity contribution in [3.8, 4) is 11.1 Å². The van der Waals surface area contributed by atoms with Gasteiger partial charge in [-0.1, -0.05) is 76.6 Å². The molecule has 0 spiro atoms. The van der Waals surface area contributed by atoms with E-state index in [0.717, 1.165) is 48.3 Å². The van der Waals surface area contributed by atoms with E-state index in [1.54, 1.807) is 0 Å². The van der Waals surface area contributed by atoms with E-state index in [2.05, 4.69) is 15.9 Å². The van der Waals surface area contributed by atoms with Crippen LogP contribution in [0.15, 0.2) is 81.7 Å². The van der Waals surface area contributed by atoms with Crippen molar-refractivity contribution in [3.05, 3.63) is 82.8 Å². The summed E-state index contributed by atoms with van der Waals surface area (Å²) in [5.41, 5.74) is 3.78. The topological polar surface area (TPSA) is 39.4 Å². The van der Waals surface area contributed by atoms with Crippen LogP contribution in [-0.4, -0.2) is 13.1 Å². The van der Waals surface area contributed by atoms with Crippen LogP contribution in [0, 0.1) is 0 Å². The molecule has 0 amide bonds. The molecule has 5 aromatic rings. The van der Waals surface area contributed by atoms with Gasteiger partial charge in [0.2, 0.25) is 0 Å². The summed E-state index contributed by atoms with van der Waals surface area (Å²) >= 11 is 3.60. The first-order valence-electron chi connectivity index (χ1n) is 8.89. The molecule has 0 N–H and O–H groups in total. The van der Waals surface area contributed by atoms with Crippen LogP contribution in [0.3, 0.4) is 0 Å². The summed E-state index contributed by atoms with van der Waals surface area (Å²) in [5.74, 6) is -0.380. The first-order valence-corrected chi connectivity index (χ1v) is 9.68. The maximum absolute atomic E-state index is 12.6. The molecule has 4 aromatic carbocycles. The molecule has 0 saturated heterocycles. The van der Waals surface area contributed by atoms with Crippen LogP contribution >= 0.6 is 15.9 Å². The zero-order chi connectivity index (χ0) is 19.3. The van der Waals surface area contributed by atoms with Crippen molar-refractivity contribution in [2.45, 2.75) is 0 Å². The highest BCUT2D eigenvalue weighted by Crippen LogP contribution is 2.42. The van der Waals surface area contributed by atoms with Crippen molar-refractivity contribution >= 4 is 54.6 Å². The van der Waals surface area contributed by atoms with Crippen molar-refractivity contribution in [1.29, 1.82) is 0 Å². The summed E-state index contributed by atoms with van der Waals surface area (Å²) in [4.78, 5) is 12.6. The average molecular weight is 431 g/mol. The fourth-order valence-electron chi connectivity index (χ4n) is 3.84. The zero-order valence-electron chi connectivity index (χ0n) is 15.0. The molecule has 0 bridgehead atoms. The van der Waals surface area contributed by atoms with E-state index >= 15 is 0 Å². The Balaban J connectivity index is 1.97. The Morgan fingerprint density at radius 2 is 1.54 bits per heavy atom. The molecule has 0 atom stereocenters. The standard InChI is InChI=1S/C24H15BrO3/c1-27-24(26)19-13-20(25)14-7-2-3-9-16(14)22(19)18-11-6-10-17-15-8-4-5-12-21(15)28-23(17)18/h2-13H,1H3. The second-order valence-corrected chi connectivity index (χ2v) is 7.45. The Morgan fingerprint density at radius 3 is 2.32 bits per heavy atom. The van der Waals surface area contributed by atoms with E-state index in [1.807, 2.05) is 72.8 Å². The predicted molar refractivity (Wildman–Crippen MR) is 116 cm³/mol. The molecule has 0 fully saturated rings. The minimum absolute atomic E-state index is 0.380. The van der Waals surface area contributed by atoms with Crippen LogP contribution in [0.4, 0.5) is 0 Å². The number of methoxy groups -OCH3 is 1. The van der Waals surface area contributed by atoms with E-state index in [-0.39, 0.29) is 5.97 Å². The SMILES string of the molecule is COC(=O)c1cc(Br)c2ccccc2c1-c1cccc2c1oc1ccccc12. The molecular weight excluding hydrogens is 416 g/mol. The Hall–Kier alpha value is -3.11. The molecule has 0 radical (unpaired) electrons. The smallest absolute Gasteiger partial charge is 0.338 e. The third-order valence-electron chi connectivity index (χ3n) is 5.07. The number of hydrogen-bond donors (Lipinski definition) is 0. The average Bonchev–Trinajstić information content (AvgIpc) is 3.12. The fraction of sp³-hybridized carbons (Fsp3) is 0.0417. The number of halogens is 1. The number of esters is 1. The highest BCUT2D eigenvalue weighted by atomic mass is 79.9. The Labute approximate surface area is 169 Å². The third-order valence-corrected chi connectivity index (χ3v) is 5.73. The maximum Gasteiger partial charge on any atom is 0.338 e. The third kappa shape index (κ3) is 2.45. The van der Waals surface area contributed by atoms with E-state index in [4.69, 9.17) is 9.15 Å². The van der Waals surface area contributed by atoms with Crippen LogP contribution in [0.1, 0.15) is 10.4 Å². The van der Waals surface area contributed by atoms with Gasteiger partial charge in [0, 0.05) is 26.4 Å². The number of furan rings is 1. The van der Waals surface area contributed by atoms with E-state index < -0.39 is 0 Å².